The highest BCUT2D eigenvalue weighted by Gasteiger charge is 2.22. The van der Waals surface area contributed by atoms with Crippen LogP contribution in [0.15, 0.2) is 60.9 Å². The van der Waals surface area contributed by atoms with E-state index >= 15 is 0 Å². The molecule has 162 valence electrons. The lowest BCUT2D eigenvalue weighted by Gasteiger charge is -2.20. The molecule has 2 aromatic carbocycles. The molecule has 0 aliphatic carbocycles. The normalized spacial score (nSPS) is 16.6. The minimum Gasteiger partial charge on any atom is -0.497 e. The largest absolute Gasteiger partial charge is 0.497 e. The Labute approximate surface area is 182 Å². The van der Waals surface area contributed by atoms with Gasteiger partial charge in [0.15, 0.2) is 0 Å². The van der Waals surface area contributed by atoms with Gasteiger partial charge in [-0.2, -0.15) is 0 Å². The van der Waals surface area contributed by atoms with Crippen molar-refractivity contribution in [3.05, 3.63) is 77.9 Å². The minimum absolute atomic E-state index is 0.158. The Morgan fingerprint density at radius 1 is 1.19 bits per heavy atom. The molecule has 1 aliphatic heterocycles. The van der Waals surface area contributed by atoms with Crippen molar-refractivity contribution in [2.75, 3.05) is 20.3 Å². The maximum absolute atomic E-state index is 13.0. The fraction of sp³-hybridized carbons (Fsp3) is 0.333. The molecule has 1 N–H and O–H groups in total. The van der Waals surface area contributed by atoms with E-state index in [0.29, 0.717) is 12.2 Å². The SMILES string of the molecule is COc1ccc(C(NC(=O)c2ccc(OCC3CCCO3)cc2)c2nccn2C)cc1. The molecule has 31 heavy (non-hydrogen) atoms. The number of methoxy groups -OCH3 is 1. The predicted molar refractivity (Wildman–Crippen MR) is 116 cm³/mol. The van der Waals surface area contributed by atoms with Gasteiger partial charge in [0.2, 0.25) is 0 Å². The number of rotatable bonds is 8. The van der Waals surface area contributed by atoms with Crippen molar-refractivity contribution in [2.45, 2.75) is 25.0 Å². The van der Waals surface area contributed by atoms with Crippen molar-refractivity contribution >= 4 is 5.91 Å². The fourth-order valence-corrected chi connectivity index (χ4v) is 3.63. The average Bonchev–Trinajstić information content (AvgIpc) is 3.48. The number of benzene rings is 2. The maximum atomic E-state index is 13.0. The van der Waals surface area contributed by atoms with Gasteiger partial charge in [0.1, 0.15) is 30.0 Å². The number of hydrogen-bond donors (Lipinski definition) is 1. The van der Waals surface area contributed by atoms with Gasteiger partial charge in [-0.1, -0.05) is 12.1 Å². The molecule has 1 fully saturated rings. The lowest BCUT2D eigenvalue weighted by atomic mass is 10.0. The average molecular weight is 421 g/mol. The Morgan fingerprint density at radius 2 is 1.94 bits per heavy atom. The second kappa shape index (κ2) is 9.66. The van der Waals surface area contributed by atoms with Crippen molar-refractivity contribution in [2.24, 2.45) is 7.05 Å². The predicted octanol–water partition coefficient (Wildman–Crippen LogP) is 3.51. The van der Waals surface area contributed by atoms with E-state index in [4.69, 9.17) is 14.2 Å². The number of nitrogens with zero attached hydrogens (tertiary/aromatic N) is 2. The molecule has 1 aliphatic rings. The molecule has 1 amide bonds. The maximum Gasteiger partial charge on any atom is 0.252 e. The summed E-state index contributed by atoms with van der Waals surface area (Å²) >= 11 is 0. The molecule has 1 saturated heterocycles. The van der Waals surface area contributed by atoms with Gasteiger partial charge < -0.3 is 24.1 Å². The number of imidazole rings is 1. The second-order valence-electron chi connectivity index (χ2n) is 7.55. The van der Waals surface area contributed by atoms with Gasteiger partial charge in [0.25, 0.3) is 5.91 Å². The van der Waals surface area contributed by atoms with Crippen molar-refractivity contribution in [1.82, 2.24) is 14.9 Å². The minimum atomic E-state index is -0.395. The molecule has 7 heteroatoms. The number of aryl methyl sites for hydroxylation is 1. The first-order valence-corrected chi connectivity index (χ1v) is 10.4. The van der Waals surface area contributed by atoms with E-state index in [0.717, 1.165) is 42.3 Å². The van der Waals surface area contributed by atoms with Gasteiger partial charge >= 0.3 is 0 Å². The first-order chi connectivity index (χ1) is 15.1. The Bertz CT molecular complexity index is 992. The van der Waals surface area contributed by atoms with E-state index in [1.807, 2.05) is 54.2 Å². The standard InChI is InChI=1S/C24H27N3O4/c1-27-14-13-25-23(27)22(17-5-9-19(29-2)10-6-17)26-24(28)18-7-11-20(12-8-18)31-16-21-4-3-15-30-21/h5-14,21-22H,3-4,15-16H2,1-2H3,(H,26,28). The highest BCUT2D eigenvalue weighted by atomic mass is 16.5. The molecule has 0 bridgehead atoms. The first-order valence-electron chi connectivity index (χ1n) is 10.4. The lowest BCUT2D eigenvalue weighted by molar-refractivity contribution is 0.0679. The highest BCUT2D eigenvalue weighted by molar-refractivity contribution is 5.94. The number of carbonyl (C=O) groups is 1. The second-order valence-corrected chi connectivity index (χ2v) is 7.55. The van der Waals surface area contributed by atoms with Crippen LogP contribution >= 0.6 is 0 Å². The summed E-state index contributed by atoms with van der Waals surface area (Å²) in [6.45, 7) is 1.34. The number of nitrogens with one attached hydrogen (secondary N) is 1. The Hall–Kier alpha value is -3.32. The van der Waals surface area contributed by atoms with Crippen molar-refractivity contribution < 1.29 is 19.0 Å². The number of ether oxygens (including phenoxy) is 3. The summed E-state index contributed by atoms with van der Waals surface area (Å²) in [5.41, 5.74) is 1.47. The van der Waals surface area contributed by atoms with Crippen LogP contribution in [-0.2, 0) is 11.8 Å². The topological polar surface area (TPSA) is 74.6 Å². The molecule has 2 atom stereocenters. The van der Waals surface area contributed by atoms with Crippen LogP contribution in [0, 0.1) is 0 Å². The van der Waals surface area contributed by atoms with E-state index in [1.54, 1.807) is 25.4 Å². The van der Waals surface area contributed by atoms with E-state index in [-0.39, 0.29) is 12.0 Å². The van der Waals surface area contributed by atoms with Crippen molar-refractivity contribution in [1.29, 1.82) is 0 Å². The molecule has 4 rings (SSSR count). The molecule has 2 heterocycles. The van der Waals surface area contributed by atoms with Gasteiger partial charge in [0.05, 0.1) is 13.2 Å². The molecule has 7 nitrogen and oxygen atoms in total. The molecule has 2 unspecified atom stereocenters. The zero-order valence-electron chi connectivity index (χ0n) is 17.8. The van der Waals surface area contributed by atoms with Gasteiger partial charge in [-0.3, -0.25) is 4.79 Å². The third-order valence-corrected chi connectivity index (χ3v) is 5.42. The zero-order valence-corrected chi connectivity index (χ0v) is 17.8. The van der Waals surface area contributed by atoms with Crippen LogP contribution in [0.25, 0.3) is 0 Å². The lowest BCUT2D eigenvalue weighted by Crippen LogP contribution is -2.31. The van der Waals surface area contributed by atoms with Gasteiger partial charge in [-0.15, -0.1) is 0 Å². The number of hydrogen-bond acceptors (Lipinski definition) is 5. The summed E-state index contributed by atoms with van der Waals surface area (Å²) in [5.74, 6) is 2.04. The van der Waals surface area contributed by atoms with Gasteiger partial charge in [-0.25, -0.2) is 4.98 Å². The van der Waals surface area contributed by atoms with Crippen molar-refractivity contribution in [3.8, 4) is 11.5 Å². The fourth-order valence-electron chi connectivity index (χ4n) is 3.63. The van der Waals surface area contributed by atoms with Gasteiger partial charge in [-0.05, 0) is 54.8 Å². The first kappa shape index (κ1) is 20.9. The van der Waals surface area contributed by atoms with E-state index in [2.05, 4.69) is 10.3 Å². The molecular formula is C24H27N3O4. The van der Waals surface area contributed by atoms with E-state index < -0.39 is 6.04 Å². The smallest absolute Gasteiger partial charge is 0.252 e. The summed E-state index contributed by atoms with van der Waals surface area (Å²) in [6, 6.07) is 14.4. The van der Waals surface area contributed by atoms with Crippen LogP contribution < -0.4 is 14.8 Å². The number of aromatic nitrogens is 2. The molecule has 0 spiro atoms. The molecule has 3 aromatic rings. The third kappa shape index (κ3) is 5.06. The molecule has 1 aromatic heterocycles. The molecule has 0 radical (unpaired) electrons. The third-order valence-electron chi connectivity index (χ3n) is 5.42. The van der Waals surface area contributed by atoms with Crippen LogP contribution in [-0.4, -0.2) is 41.9 Å². The number of carbonyl (C=O) groups excluding carboxylic acids is 1. The summed E-state index contributed by atoms with van der Waals surface area (Å²) in [7, 11) is 3.53. The monoisotopic (exact) mass is 421 g/mol. The van der Waals surface area contributed by atoms with Crippen LogP contribution in [0.5, 0.6) is 11.5 Å². The molecular weight excluding hydrogens is 394 g/mol. The highest BCUT2D eigenvalue weighted by Crippen LogP contribution is 2.24. The summed E-state index contributed by atoms with van der Waals surface area (Å²) in [6.07, 6.45) is 5.85. The Balaban J connectivity index is 1.47. The number of amides is 1. The zero-order chi connectivity index (χ0) is 21.6. The Kier molecular flexibility index (Phi) is 6.52. The summed E-state index contributed by atoms with van der Waals surface area (Å²) in [4.78, 5) is 17.4. The van der Waals surface area contributed by atoms with Crippen LogP contribution in [0.3, 0.4) is 0 Å². The summed E-state index contributed by atoms with van der Waals surface area (Å²) < 4.78 is 18.5. The van der Waals surface area contributed by atoms with Crippen LogP contribution in [0.1, 0.15) is 40.6 Å². The molecule has 0 saturated carbocycles. The van der Waals surface area contributed by atoms with E-state index in [1.165, 1.54) is 0 Å². The van der Waals surface area contributed by atoms with Crippen LogP contribution in [0.4, 0.5) is 0 Å². The van der Waals surface area contributed by atoms with E-state index in [9.17, 15) is 4.79 Å². The Morgan fingerprint density at radius 3 is 2.55 bits per heavy atom. The van der Waals surface area contributed by atoms with Crippen molar-refractivity contribution in [3.63, 3.8) is 0 Å². The van der Waals surface area contributed by atoms with Crippen LogP contribution in [0.2, 0.25) is 0 Å². The quantitative estimate of drug-likeness (QED) is 0.603. The summed E-state index contributed by atoms with van der Waals surface area (Å²) in [5, 5.41) is 3.10. The van der Waals surface area contributed by atoms with Gasteiger partial charge in [0, 0.05) is 31.6 Å².